The van der Waals surface area contributed by atoms with E-state index >= 15 is 0 Å². The van der Waals surface area contributed by atoms with Crippen LogP contribution < -0.4 is 10.2 Å². The monoisotopic (exact) mass is 272 g/mol. The number of halogens is 1. The molecule has 0 radical (unpaired) electrons. The number of aliphatic hydroxyl groups excluding tert-OH is 1. The van der Waals surface area contributed by atoms with Crippen LogP contribution in [0.1, 0.15) is 18.9 Å². The van der Waals surface area contributed by atoms with Crippen molar-refractivity contribution in [2.75, 3.05) is 25.0 Å². The van der Waals surface area contributed by atoms with Gasteiger partial charge in [0.25, 0.3) is 0 Å². The van der Waals surface area contributed by atoms with Gasteiger partial charge in [-0.2, -0.15) is 0 Å². The summed E-state index contributed by atoms with van der Waals surface area (Å²) in [6.45, 7) is 2.51. The fraction of sp³-hybridized carbons (Fsp3) is 0.545. The van der Waals surface area contributed by atoms with E-state index in [0.29, 0.717) is 17.9 Å². The first-order valence-corrected chi connectivity index (χ1v) is 6.06. The molecule has 0 bridgehead atoms. The number of hydrogen-bond donors (Lipinski definition) is 2. The lowest BCUT2D eigenvalue weighted by Crippen LogP contribution is -2.36. The van der Waals surface area contributed by atoms with E-state index in [0.717, 1.165) is 6.42 Å². The molecule has 0 aliphatic heterocycles. The molecule has 18 heavy (non-hydrogen) atoms. The van der Waals surface area contributed by atoms with E-state index < -0.39 is 0 Å². The smallest absolute Gasteiger partial charge is 0.239 e. The van der Waals surface area contributed by atoms with Crippen LogP contribution in [-0.4, -0.2) is 41.1 Å². The fourth-order valence-corrected chi connectivity index (χ4v) is 1.65. The van der Waals surface area contributed by atoms with Crippen molar-refractivity contribution in [1.82, 2.24) is 15.3 Å². The summed E-state index contributed by atoms with van der Waals surface area (Å²) in [6.07, 6.45) is 2.19. The van der Waals surface area contributed by atoms with Gasteiger partial charge in [-0.3, -0.25) is 4.79 Å². The lowest BCUT2D eigenvalue weighted by molar-refractivity contribution is -0.119. The number of aliphatic hydroxyl groups is 1. The average molecular weight is 273 g/mol. The van der Waals surface area contributed by atoms with Gasteiger partial charge in [-0.15, -0.1) is 0 Å². The molecule has 0 aliphatic carbocycles. The largest absolute Gasteiger partial charge is 0.391 e. The summed E-state index contributed by atoms with van der Waals surface area (Å²) in [4.78, 5) is 21.0. The fourth-order valence-electron chi connectivity index (χ4n) is 1.46. The summed E-state index contributed by atoms with van der Waals surface area (Å²) >= 11 is 5.86. The van der Waals surface area contributed by atoms with Gasteiger partial charge >= 0.3 is 0 Å². The molecule has 0 spiro atoms. The van der Waals surface area contributed by atoms with E-state index in [2.05, 4.69) is 15.3 Å². The number of carbonyl (C=O) groups is 1. The van der Waals surface area contributed by atoms with Gasteiger partial charge in [0.15, 0.2) is 0 Å². The standard InChI is InChI=1S/C11H17ClN4O2/c1-3-4-13-9(18)5-16(2)11-8(6-17)10(12)14-7-15-11/h7,17H,3-6H2,1-2H3,(H,13,18). The summed E-state index contributed by atoms with van der Waals surface area (Å²) in [6, 6.07) is 0. The molecule has 0 unspecified atom stereocenters. The van der Waals surface area contributed by atoms with Gasteiger partial charge in [-0.25, -0.2) is 9.97 Å². The van der Waals surface area contributed by atoms with Gasteiger partial charge in [0.2, 0.25) is 5.91 Å². The van der Waals surface area contributed by atoms with Crippen molar-refractivity contribution in [2.45, 2.75) is 20.0 Å². The highest BCUT2D eigenvalue weighted by molar-refractivity contribution is 6.30. The first-order chi connectivity index (χ1) is 8.60. The molecule has 1 aromatic rings. The number of amides is 1. The Labute approximate surface area is 111 Å². The molecule has 0 atom stereocenters. The Morgan fingerprint density at radius 3 is 2.89 bits per heavy atom. The predicted molar refractivity (Wildman–Crippen MR) is 69.5 cm³/mol. The van der Waals surface area contributed by atoms with Crippen LogP contribution >= 0.6 is 11.6 Å². The van der Waals surface area contributed by atoms with E-state index in [1.807, 2.05) is 6.92 Å². The van der Waals surface area contributed by atoms with Crippen LogP contribution in [-0.2, 0) is 11.4 Å². The van der Waals surface area contributed by atoms with Crippen LogP contribution in [0.5, 0.6) is 0 Å². The molecular weight excluding hydrogens is 256 g/mol. The number of likely N-dealkylation sites (N-methyl/N-ethyl adjacent to an activating group) is 1. The molecule has 1 rings (SSSR count). The molecule has 0 saturated heterocycles. The maximum Gasteiger partial charge on any atom is 0.239 e. The Bertz CT molecular complexity index is 414. The minimum atomic E-state index is -0.268. The van der Waals surface area contributed by atoms with Crippen molar-refractivity contribution in [3.63, 3.8) is 0 Å². The molecule has 0 fully saturated rings. The number of carbonyl (C=O) groups excluding carboxylic acids is 1. The topological polar surface area (TPSA) is 78.4 Å². The molecule has 100 valence electrons. The quantitative estimate of drug-likeness (QED) is 0.741. The summed E-state index contributed by atoms with van der Waals surface area (Å²) in [5.41, 5.74) is 0.421. The Morgan fingerprint density at radius 1 is 1.56 bits per heavy atom. The maximum atomic E-state index is 11.6. The highest BCUT2D eigenvalue weighted by Gasteiger charge is 2.15. The van der Waals surface area contributed by atoms with E-state index in [4.69, 9.17) is 11.6 Å². The van der Waals surface area contributed by atoms with Crippen LogP contribution in [0.3, 0.4) is 0 Å². The van der Waals surface area contributed by atoms with Crippen LogP contribution in [0.25, 0.3) is 0 Å². The number of rotatable bonds is 6. The van der Waals surface area contributed by atoms with Gasteiger partial charge in [-0.1, -0.05) is 18.5 Å². The summed E-state index contributed by atoms with van der Waals surface area (Å²) in [5.74, 6) is 0.363. The van der Waals surface area contributed by atoms with Crippen molar-refractivity contribution in [3.05, 3.63) is 17.0 Å². The maximum absolute atomic E-state index is 11.6. The normalized spacial score (nSPS) is 10.2. The van der Waals surface area contributed by atoms with Crippen molar-refractivity contribution in [3.8, 4) is 0 Å². The molecule has 0 saturated carbocycles. The van der Waals surface area contributed by atoms with Crippen molar-refractivity contribution >= 4 is 23.3 Å². The highest BCUT2D eigenvalue weighted by Crippen LogP contribution is 2.21. The van der Waals surface area contributed by atoms with E-state index in [-0.39, 0.29) is 24.2 Å². The van der Waals surface area contributed by atoms with E-state index in [1.54, 1.807) is 11.9 Å². The first-order valence-electron chi connectivity index (χ1n) is 5.68. The molecule has 1 heterocycles. The molecule has 6 nitrogen and oxygen atoms in total. The first kappa shape index (κ1) is 14.7. The van der Waals surface area contributed by atoms with Gasteiger partial charge in [0.1, 0.15) is 17.3 Å². The van der Waals surface area contributed by atoms with Crippen LogP contribution in [0.2, 0.25) is 5.15 Å². The number of hydrogen-bond acceptors (Lipinski definition) is 5. The Hall–Kier alpha value is -1.40. The van der Waals surface area contributed by atoms with Crippen molar-refractivity contribution in [1.29, 1.82) is 0 Å². The number of nitrogens with zero attached hydrogens (tertiary/aromatic N) is 3. The molecule has 1 amide bonds. The molecule has 7 heteroatoms. The molecule has 2 N–H and O–H groups in total. The zero-order chi connectivity index (χ0) is 13.5. The Kier molecular flexibility index (Phi) is 5.80. The van der Waals surface area contributed by atoms with Gasteiger partial charge in [-0.05, 0) is 6.42 Å². The number of anilines is 1. The van der Waals surface area contributed by atoms with Gasteiger partial charge in [0.05, 0.1) is 18.7 Å². The summed E-state index contributed by atoms with van der Waals surface area (Å²) < 4.78 is 0. The second kappa shape index (κ2) is 7.13. The second-order valence-electron chi connectivity index (χ2n) is 3.83. The zero-order valence-electron chi connectivity index (χ0n) is 10.5. The van der Waals surface area contributed by atoms with E-state index in [1.165, 1.54) is 6.33 Å². The van der Waals surface area contributed by atoms with Gasteiger partial charge in [0, 0.05) is 13.6 Å². The minimum absolute atomic E-state index is 0.0991. The third kappa shape index (κ3) is 3.82. The minimum Gasteiger partial charge on any atom is -0.391 e. The third-order valence-corrected chi connectivity index (χ3v) is 2.67. The predicted octanol–water partition coefficient (Wildman–Crippen LogP) is 0.585. The third-order valence-electron chi connectivity index (χ3n) is 2.34. The van der Waals surface area contributed by atoms with E-state index in [9.17, 15) is 9.90 Å². The average Bonchev–Trinajstić information content (AvgIpc) is 2.35. The van der Waals surface area contributed by atoms with Crippen molar-refractivity contribution < 1.29 is 9.90 Å². The number of nitrogens with one attached hydrogen (secondary N) is 1. The molecule has 0 aromatic carbocycles. The Balaban J connectivity index is 2.75. The van der Waals surface area contributed by atoms with Crippen LogP contribution in [0.4, 0.5) is 5.82 Å². The molecular formula is C11H17ClN4O2. The second-order valence-corrected chi connectivity index (χ2v) is 4.19. The highest BCUT2D eigenvalue weighted by atomic mass is 35.5. The number of aromatic nitrogens is 2. The van der Waals surface area contributed by atoms with Crippen LogP contribution in [0.15, 0.2) is 6.33 Å². The van der Waals surface area contributed by atoms with Crippen LogP contribution in [0, 0.1) is 0 Å². The van der Waals surface area contributed by atoms with Gasteiger partial charge < -0.3 is 15.3 Å². The molecule has 0 aliphatic rings. The summed E-state index contributed by atoms with van der Waals surface area (Å²) in [5, 5.41) is 12.2. The summed E-state index contributed by atoms with van der Waals surface area (Å²) in [7, 11) is 1.71. The zero-order valence-corrected chi connectivity index (χ0v) is 11.2. The molecule has 1 aromatic heterocycles. The Morgan fingerprint density at radius 2 is 2.28 bits per heavy atom. The lowest BCUT2D eigenvalue weighted by atomic mass is 10.3. The van der Waals surface area contributed by atoms with Crippen molar-refractivity contribution in [2.24, 2.45) is 0 Å². The SMILES string of the molecule is CCCNC(=O)CN(C)c1ncnc(Cl)c1CO. The lowest BCUT2D eigenvalue weighted by Gasteiger charge is -2.20.